The number of hydrogen-bond acceptors (Lipinski definition) is 4. The van der Waals surface area contributed by atoms with E-state index in [1.165, 1.54) is 25.3 Å². The minimum absolute atomic E-state index is 0.266. The van der Waals surface area contributed by atoms with E-state index in [1.807, 2.05) is 0 Å². The summed E-state index contributed by atoms with van der Waals surface area (Å²) in [7, 11) is 1.21. The van der Waals surface area contributed by atoms with Crippen LogP contribution in [0.2, 0.25) is 0 Å². The van der Waals surface area contributed by atoms with Gasteiger partial charge in [-0.2, -0.15) is 0 Å². The number of carbonyl (C=O) groups is 2. The molecule has 0 aromatic heterocycles. The van der Waals surface area contributed by atoms with Crippen LogP contribution in [-0.4, -0.2) is 30.3 Å². The van der Waals surface area contributed by atoms with Gasteiger partial charge in [-0.15, -0.1) is 0 Å². The zero-order chi connectivity index (χ0) is 9.84. The van der Waals surface area contributed by atoms with Crippen molar-refractivity contribution in [1.29, 1.82) is 0 Å². The van der Waals surface area contributed by atoms with Gasteiger partial charge < -0.3 is 14.6 Å². The molecule has 1 aliphatic heterocycles. The van der Waals surface area contributed by atoms with Gasteiger partial charge in [-0.1, -0.05) is 6.08 Å². The summed E-state index contributed by atoms with van der Waals surface area (Å²) in [5.41, 5.74) is 0. The number of rotatable bonds is 2. The molecular formula is C8H8O5. The molecule has 13 heavy (non-hydrogen) atoms. The van der Waals surface area contributed by atoms with E-state index in [0.29, 0.717) is 0 Å². The molecule has 0 saturated carbocycles. The van der Waals surface area contributed by atoms with Crippen molar-refractivity contribution < 1.29 is 24.2 Å². The lowest BCUT2D eigenvalue weighted by molar-refractivity contribution is -0.151. The Labute approximate surface area is 74.3 Å². The van der Waals surface area contributed by atoms with Gasteiger partial charge in [-0.25, -0.2) is 9.59 Å². The Balaban J connectivity index is 2.70. The summed E-state index contributed by atoms with van der Waals surface area (Å²) in [4.78, 5) is 21.3. The summed E-state index contributed by atoms with van der Waals surface area (Å²) in [5, 5.41) is 8.53. The molecule has 1 aliphatic rings. The molecule has 1 atom stereocenters. The average molecular weight is 184 g/mol. The quantitative estimate of drug-likeness (QED) is 0.615. The first-order valence-electron chi connectivity index (χ1n) is 3.51. The summed E-state index contributed by atoms with van der Waals surface area (Å²) in [6, 6.07) is 0. The van der Waals surface area contributed by atoms with Crippen LogP contribution in [0.25, 0.3) is 0 Å². The van der Waals surface area contributed by atoms with Gasteiger partial charge in [-0.3, -0.25) is 0 Å². The van der Waals surface area contributed by atoms with Crippen molar-refractivity contribution in [3.05, 3.63) is 24.0 Å². The molecule has 0 amide bonds. The highest BCUT2D eigenvalue weighted by molar-refractivity contribution is 5.86. The number of allylic oxidation sites excluding steroid dienone is 2. The molecule has 1 rings (SSSR count). The van der Waals surface area contributed by atoms with Crippen LogP contribution in [0.1, 0.15) is 0 Å². The lowest BCUT2D eigenvalue weighted by Gasteiger charge is -2.15. The fourth-order valence-electron chi connectivity index (χ4n) is 0.824. The van der Waals surface area contributed by atoms with E-state index in [-0.39, 0.29) is 5.76 Å². The predicted molar refractivity (Wildman–Crippen MR) is 41.7 cm³/mol. The lowest BCUT2D eigenvalue weighted by atomic mass is 10.2. The molecule has 5 nitrogen and oxygen atoms in total. The lowest BCUT2D eigenvalue weighted by Crippen LogP contribution is -2.26. The maximum atomic E-state index is 10.9. The molecule has 0 saturated heterocycles. The summed E-state index contributed by atoms with van der Waals surface area (Å²) in [5.74, 6) is -2.10. The zero-order valence-corrected chi connectivity index (χ0v) is 6.89. The molecule has 0 bridgehead atoms. The molecule has 0 spiro atoms. The largest absolute Gasteiger partial charge is 0.475 e. The monoisotopic (exact) mass is 184 g/mol. The Bertz CT molecular complexity index is 289. The molecule has 1 unspecified atom stereocenters. The van der Waals surface area contributed by atoms with Crippen molar-refractivity contribution in [1.82, 2.24) is 0 Å². The van der Waals surface area contributed by atoms with E-state index in [4.69, 9.17) is 9.84 Å². The van der Waals surface area contributed by atoms with Gasteiger partial charge in [0.25, 0.3) is 0 Å². The highest BCUT2D eigenvalue weighted by atomic mass is 16.6. The number of ether oxygens (including phenoxy) is 2. The Hall–Kier alpha value is -1.78. The highest BCUT2D eigenvalue weighted by Crippen LogP contribution is 2.11. The second kappa shape index (κ2) is 3.75. The van der Waals surface area contributed by atoms with Gasteiger partial charge in [0.05, 0.1) is 7.11 Å². The molecule has 70 valence electrons. The Kier molecular flexibility index (Phi) is 2.69. The van der Waals surface area contributed by atoms with E-state index in [1.54, 1.807) is 0 Å². The summed E-state index contributed by atoms with van der Waals surface area (Å²) >= 11 is 0. The van der Waals surface area contributed by atoms with Crippen molar-refractivity contribution in [2.75, 3.05) is 7.11 Å². The second-order valence-corrected chi connectivity index (χ2v) is 2.28. The van der Waals surface area contributed by atoms with Gasteiger partial charge in [0, 0.05) is 0 Å². The van der Waals surface area contributed by atoms with Gasteiger partial charge in [0.2, 0.25) is 11.9 Å². The van der Waals surface area contributed by atoms with Crippen molar-refractivity contribution >= 4 is 11.9 Å². The minimum atomic E-state index is -1.21. The van der Waals surface area contributed by atoms with Gasteiger partial charge in [0.15, 0.2) is 0 Å². The van der Waals surface area contributed by atoms with Crippen molar-refractivity contribution in [2.45, 2.75) is 6.10 Å². The minimum Gasteiger partial charge on any atom is -0.475 e. The van der Waals surface area contributed by atoms with E-state index in [0.717, 1.165) is 0 Å². The second-order valence-electron chi connectivity index (χ2n) is 2.28. The normalized spacial score (nSPS) is 20.1. The number of hydrogen-bond donors (Lipinski definition) is 1. The van der Waals surface area contributed by atoms with Crippen LogP contribution >= 0.6 is 0 Å². The third-order valence-corrected chi connectivity index (χ3v) is 1.43. The molecule has 0 aromatic carbocycles. The molecule has 5 heteroatoms. The fraction of sp³-hybridized carbons (Fsp3) is 0.250. The number of methoxy groups -OCH3 is 1. The molecule has 1 heterocycles. The predicted octanol–water partition coefficient (Wildman–Crippen LogP) is 0.0829. The van der Waals surface area contributed by atoms with E-state index < -0.39 is 18.0 Å². The maximum absolute atomic E-state index is 10.9. The summed E-state index contributed by atoms with van der Waals surface area (Å²) in [6.45, 7) is 0. The smallest absolute Gasteiger partial charge is 0.371 e. The number of carboxylic acids is 1. The SMILES string of the molecule is COC(=O)C1C=CC=C(C(=O)O)O1. The molecule has 1 N–H and O–H groups in total. The van der Waals surface area contributed by atoms with Crippen LogP contribution in [0.5, 0.6) is 0 Å². The van der Waals surface area contributed by atoms with Crippen molar-refractivity contribution in [2.24, 2.45) is 0 Å². The number of carbonyl (C=O) groups excluding carboxylic acids is 1. The van der Waals surface area contributed by atoms with Gasteiger partial charge in [-0.05, 0) is 12.2 Å². The Morgan fingerprint density at radius 3 is 2.85 bits per heavy atom. The first kappa shape index (κ1) is 9.31. The Morgan fingerprint density at radius 2 is 2.31 bits per heavy atom. The van der Waals surface area contributed by atoms with Crippen LogP contribution < -0.4 is 0 Å². The standard InChI is InChI=1S/C8H8O5/c1-12-8(11)6-4-2-3-5(13-6)7(9)10/h2-4,6H,1H3,(H,9,10). The van der Waals surface area contributed by atoms with Crippen molar-refractivity contribution in [3.63, 3.8) is 0 Å². The van der Waals surface area contributed by atoms with Crippen molar-refractivity contribution in [3.8, 4) is 0 Å². The van der Waals surface area contributed by atoms with Crippen LogP contribution in [0, 0.1) is 0 Å². The van der Waals surface area contributed by atoms with E-state index in [2.05, 4.69) is 4.74 Å². The highest BCUT2D eigenvalue weighted by Gasteiger charge is 2.23. The zero-order valence-electron chi connectivity index (χ0n) is 6.89. The summed E-state index contributed by atoms with van der Waals surface area (Å²) in [6.07, 6.45) is 3.16. The third kappa shape index (κ3) is 2.08. The topological polar surface area (TPSA) is 72.8 Å². The maximum Gasteiger partial charge on any atom is 0.371 e. The Morgan fingerprint density at radius 1 is 1.62 bits per heavy atom. The van der Waals surface area contributed by atoms with Crippen LogP contribution in [-0.2, 0) is 19.1 Å². The average Bonchev–Trinajstić information content (AvgIpc) is 2.17. The van der Waals surface area contributed by atoms with Crippen LogP contribution in [0.3, 0.4) is 0 Å². The van der Waals surface area contributed by atoms with Crippen LogP contribution in [0.15, 0.2) is 24.0 Å². The molecule has 0 aromatic rings. The molecule has 0 radical (unpaired) electrons. The molecular weight excluding hydrogens is 176 g/mol. The van der Waals surface area contributed by atoms with E-state index in [9.17, 15) is 9.59 Å². The number of aliphatic carboxylic acids is 1. The number of carboxylic acid groups (broad SMARTS) is 1. The van der Waals surface area contributed by atoms with Crippen LogP contribution in [0.4, 0.5) is 0 Å². The third-order valence-electron chi connectivity index (χ3n) is 1.43. The van der Waals surface area contributed by atoms with Gasteiger partial charge >= 0.3 is 11.9 Å². The van der Waals surface area contributed by atoms with Gasteiger partial charge in [0.1, 0.15) is 0 Å². The molecule has 0 fully saturated rings. The molecule has 0 aliphatic carbocycles. The first-order valence-corrected chi connectivity index (χ1v) is 3.51. The summed E-state index contributed by atoms with van der Waals surface area (Å²) < 4.78 is 9.18. The van der Waals surface area contributed by atoms with E-state index >= 15 is 0 Å². The fourth-order valence-corrected chi connectivity index (χ4v) is 0.824. The number of esters is 1. The first-order chi connectivity index (χ1) is 6.15.